The summed E-state index contributed by atoms with van der Waals surface area (Å²) in [6.45, 7) is 1.84. The number of thiazole rings is 1. The van der Waals surface area contributed by atoms with Crippen molar-refractivity contribution in [2.75, 3.05) is 17.1 Å². The van der Waals surface area contributed by atoms with Crippen LogP contribution in [0.15, 0.2) is 23.4 Å². The van der Waals surface area contributed by atoms with Crippen molar-refractivity contribution >= 4 is 43.9 Å². The predicted octanol–water partition coefficient (Wildman–Crippen LogP) is 2.34. The first kappa shape index (κ1) is 14.0. The number of halogens is 1. The van der Waals surface area contributed by atoms with Gasteiger partial charge in [-0.2, -0.15) is 0 Å². The molecule has 0 unspecified atom stereocenters. The maximum absolute atomic E-state index is 12.1. The predicted molar refractivity (Wildman–Crippen MR) is 76.5 cm³/mol. The van der Waals surface area contributed by atoms with E-state index in [4.69, 9.17) is 11.6 Å². The number of sulfonamides is 1. The van der Waals surface area contributed by atoms with Gasteiger partial charge in [-0.1, -0.05) is 11.6 Å². The number of rotatable bonds is 4. The maximum Gasteiger partial charge on any atom is 0.265 e. The Morgan fingerprint density at radius 2 is 2.05 bits per heavy atom. The maximum atomic E-state index is 12.1. The Bertz CT molecular complexity index is 699. The molecule has 0 aliphatic carbocycles. The molecule has 102 valence electrons. The first-order valence-corrected chi connectivity index (χ1v) is 7.88. The van der Waals surface area contributed by atoms with E-state index in [1.54, 1.807) is 13.2 Å². The van der Waals surface area contributed by atoms with Gasteiger partial charge in [0.05, 0.1) is 5.02 Å². The number of hydrogen-bond acceptors (Lipinski definition) is 6. The van der Waals surface area contributed by atoms with E-state index in [1.165, 1.54) is 23.6 Å². The average molecular weight is 319 g/mol. The minimum atomic E-state index is -3.72. The van der Waals surface area contributed by atoms with Crippen LogP contribution < -0.4 is 10.0 Å². The second kappa shape index (κ2) is 5.32. The lowest BCUT2D eigenvalue weighted by molar-refractivity contribution is 0.601. The highest BCUT2D eigenvalue weighted by Crippen LogP contribution is 2.25. The van der Waals surface area contributed by atoms with E-state index in [0.717, 1.165) is 4.88 Å². The van der Waals surface area contributed by atoms with Crippen LogP contribution in [-0.2, 0) is 10.0 Å². The monoisotopic (exact) mass is 318 g/mol. The van der Waals surface area contributed by atoms with E-state index < -0.39 is 10.0 Å². The second-order valence-corrected chi connectivity index (χ2v) is 6.96. The molecule has 0 spiro atoms. The number of pyridine rings is 1. The molecule has 6 nitrogen and oxygen atoms in total. The van der Waals surface area contributed by atoms with Crippen LogP contribution in [0.5, 0.6) is 0 Å². The van der Waals surface area contributed by atoms with Crippen molar-refractivity contribution in [2.24, 2.45) is 0 Å². The van der Waals surface area contributed by atoms with Gasteiger partial charge in [0.1, 0.15) is 10.7 Å². The van der Waals surface area contributed by atoms with Crippen molar-refractivity contribution in [2.45, 2.75) is 11.8 Å². The van der Waals surface area contributed by atoms with Crippen molar-refractivity contribution in [3.63, 3.8) is 0 Å². The quantitative estimate of drug-likeness (QED) is 0.904. The van der Waals surface area contributed by atoms with E-state index in [-0.39, 0.29) is 9.92 Å². The van der Waals surface area contributed by atoms with Gasteiger partial charge in [-0.25, -0.2) is 18.4 Å². The highest BCUT2D eigenvalue weighted by atomic mass is 35.5. The molecule has 0 aliphatic rings. The Hall–Kier alpha value is -1.38. The summed E-state index contributed by atoms with van der Waals surface area (Å²) in [5.41, 5.74) is 0. The molecule has 0 saturated heterocycles. The van der Waals surface area contributed by atoms with Crippen molar-refractivity contribution < 1.29 is 8.42 Å². The summed E-state index contributed by atoms with van der Waals surface area (Å²) in [5, 5.41) is 3.31. The van der Waals surface area contributed by atoms with Gasteiger partial charge in [0.15, 0.2) is 5.13 Å². The summed E-state index contributed by atoms with van der Waals surface area (Å²) >= 11 is 7.17. The Balaban J connectivity index is 2.31. The summed E-state index contributed by atoms with van der Waals surface area (Å²) in [6.07, 6.45) is 2.83. The SMILES string of the molecule is CNc1ncc(S(=O)(=O)Nc2ncc(C)s2)cc1Cl. The van der Waals surface area contributed by atoms with E-state index >= 15 is 0 Å². The number of nitrogens with zero attached hydrogens (tertiary/aromatic N) is 2. The standard InChI is InChI=1S/C10H11ClN4O2S2/c1-6-4-14-10(18-6)15-19(16,17)7-3-8(11)9(12-2)13-5-7/h3-5H,1-2H3,(H,12,13)(H,14,15). The highest BCUT2D eigenvalue weighted by Gasteiger charge is 2.18. The molecule has 0 fully saturated rings. The molecule has 2 N–H and O–H groups in total. The molecule has 19 heavy (non-hydrogen) atoms. The van der Waals surface area contributed by atoms with Crippen LogP contribution in [-0.4, -0.2) is 25.4 Å². The Kier molecular flexibility index (Phi) is 3.93. The molecule has 0 amide bonds. The molecule has 2 heterocycles. The van der Waals surface area contributed by atoms with Crippen LogP contribution in [0.2, 0.25) is 5.02 Å². The molecular weight excluding hydrogens is 308 g/mol. The molecule has 2 aromatic rings. The lowest BCUT2D eigenvalue weighted by atomic mass is 10.4. The Morgan fingerprint density at radius 1 is 1.32 bits per heavy atom. The molecule has 0 atom stereocenters. The van der Waals surface area contributed by atoms with E-state index in [9.17, 15) is 8.42 Å². The summed E-state index contributed by atoms with van der Waals surface area (Å²) in [7, 11) is -2.07. The second-order valence-electron chi connectivity index (χ2n) is 3.63. The van der Waals surface area contributed by atoms with Crippen LogP contribution in [0.1, 0.15) is 4.88 Å². The number of anilines is 2. The van der Waals surface area contributed by atoms with Crippen LogP contribution in [0.25, 0.3) is 0 Å². The summed E-state index contributed by atoms with van der Waals surface area (Å²) in [5.74, 6) is 0.422. The van der Waals surface area contributed by atoms with E-state index in [2.05, 4.69) is 20.0 Å². The summed E-state index contributed by atoms with van der Waals surface area (Å²) in [4.78, 5) is 8.78. The number of aryl methyl sites for hydroxylation is 1. The fourth-order valence-electron chi connectivity index (χ4n) is 1.33. The van der Waals surface area contributed by atoms with Gasteiger partial charge >= 0.3 is 0 Å². The first-order chi connectivity index (χ1) is 8.92. The van der Waals surface area contributed by atoms with Crippen molar-refractivity contribution in [1.29, 1.82) is 0 Å². The zero-order valence-corrected chi connectivity index (χ0v) is 12.5. The van der Waals surface area contributed by atoms with E-state index in [1.807, 2.05) is 6.92 Å². The molecule has 0 bridgehead atoms. The Labute approximate surface area is 119 Å². The molecule has 9 heteroatoms. The largest absolute Gasteiger partial charge is 0.372 e. The smallest absolute Gasteiger partial charge is 0.265 e. The van der Waals surface area contributed by atoms with Gasteiger partial charge < -0.3 is 5.32 Å². The van der Waals surface area contributed by atoms with Gasteiger partial charge in [-0.3, -0.25) is 4.72 Å². The third-order valence-electron chi connectivity index (χ3n) is 2.21. The highest BCUT2D eigenvalue weighted by molar-refractivity contribution is 7.93. The third kappa shape index (κ3) is 3.14. The van der Waals surface area contributed by atoms with Crippen molar-refractivity contribution in [3.05, 3.63) is 28.4 Å². The van der Waals surface area contributed by atoms with Gasteiger partial charge in [0, 0.05) is 24.3 Å². The first-order valence-electron chi connectivity index (χ1n) is 5.21. The molecule has 0 radical (unpaired) electrons. The topological polar surface area (TPSA) is 84.0 Å². The summed E-state index contributed by atoms with van der Waals surface area (Å²) in [6, 6.07) is 1.34. The van der Waals surface area contributed by atoms with Crippen LogP contribution in [0.4, 0.5) is 10.9 Å². The lowest BCUT2D eigenvalue weighted by Gasteiger charge is -2.07. The lowest BCUT2D eigenvalue weighted by Crippen LogP contribution is -2.13. The molecule has 0 saturated carbocycles. The van der Waals surface area contributed by atoms with Crippen LogP contribution in [0.3, 0.4) is 0 Å². The fourth-order valence-corrected chi connectivity index (χ4v) is 3.53. The summed E-state index contributed by atoms with van der Waals surface area (Å²) < 4.78 is 26.6. The van der Waals surface area contributed by atoms with Gasteiger partial charge in [0.2, 0.25) is 0 Å². The number of nitrogens with one attached hydrogen (secondary N) is 2. The van der Waals surface area contributed by atoms with Gasteiger partial charge in [0.25, 0.3) is 10.0 Å². The molecule has 2 aromatic heterocycles. The molecule has 2 rings (SSSR count). The number of hydrogen-bond donors (Lipinski definition) is 2. The van der Waals surface area contributed by atoms with Gasteiger partial charge in [-0.15, -0.1) is 11.3 Å². The van der Waals surface area contributed by atoms with Crippen LogP contribution >= 0.6 is 22.9 Å². The normalized spacial score (nSPS) is 11.3. The fraction of sp³-hybridized carbons (Fsp3) is 0.200. The minimum Gasteiger partial charge on any atom is -0.372 e. The number of aromatic nitrogens is 2. The molecule has 0 aliphatic heterocycles. The average Bonchev–Trinajstić information content (AvgIpc) is 2.73. The van der Waals surface area contributed by atoms with Crippen molar-refractivity contribution in [3.8, 4) is 0 Å². The molecule has 0 aromatic carbocycles. The van der Waals surface area contributed by atoms with E-state index in [0.29, 0.717) is 10.9 Å². The minimum absolute atomic E-state index is 0.00986. The zero-order chi connectivity index (χ0) is 14.0. The third-order valence-corrected chi connectivity index (χ3v) is 4.76. The molecular formula is C10H11ClN4O2S2. The van der Waals surface area contributed by atoms with Gasteiger partial charge in [-0.05, 0) is 13.0 Å². The van der Waals surface area contributed by atoms with Crippen LogP contribution in [0, 0.1) is 6.92 Å². The Morgan fingerprint density at radius 3 is 2.58 bits per heavy atom. The van der Waals surface area contributed by atoms with Crippen molar-refractivity contribution in [1.82, 2.24) is 9.97 Å². The zero-order valence-electron chi connectivity index (χ0n) is 10.1.